The van der Waals surface area contributed by atoms with Crippen molar-refractivity contribution in [1.82, 2.24) is 9.97 Å². The maximum Gasteiger partial charge on any atom is 0.293 e. The van der Waals surface area contributed by atoms with E-state index >= 15 is 0 Å². The first-order chi connectivity index (χ1) is 8.86. The number of carbonyl (C=O) groups excluding carboxylic acids is 1. The van der Waals surface area contributed by atoms with E-state index in [-0.39, 0.29) is 0 Å². The van der Waals surface area contributed by atoms with Gasteiger partial charge in [0.1, 0.15) is 0 Å². The van der Waals surface area contributed by atoms with Crippen molar-refractivity contribution in [2.75, 3.05) is 6.61 Å². The second-order valence-corrected chi connectivity index (χ2v) is 3.64. The molecule has 4 nitrogen and oxygen atoms in total. The lowest BCUT2D eigenvalue weighted by Gasteiger charge is -1.87. The number of pyridine rings is 1. The molecule has 0 spiro atoms. The quantitative estimate of drug-likeness (QED) is 0.703. The number of para-hydroxylation sites is 1. The predicted octanol–water partition coefficient (Wildman–Crippen LogP) is 2.90. The van der Waals surface area contributed by atoms with Gasteiger partial charge in [-0.15, -0.1) is 0 Å². The highest BCUT2D eigenvalue weighted by molar-refractivity contribution is 6.06. The van der Waals surface area contributed by atoms with Crippen LogP contribution in [0.3, 0.4) is 0 Å². The van der Waals surface area contributed by atoms with Crippen molar-refractivity contribution in [2.45, 2.75) is 6.92 Å². The van der Waals surface area contributed by atoms with E-state index in [9.17, 15) is 4.79 Å². The first-order valence-electron chi connectivity index (χ1n) is 5.72. The third kappa shape index (κ3) is 2.48. The minimum atomic E-state index is 0.431. The summed E-state index contributed by atoms with van der Waals surface area (Å²) >= 11 is 0. The van der Waals surface area contributed by atoms with E-state index in [1.54, 1.807) is 13.1 Å². The molecule has 2 aromatic heterocycles. The fourth-order valence-corrected chi connectivity index (χ4v) is 1.76. The van der Waals surface area contributed by atoms with Crippen molar-refractivity contribution in [3.8, 4) is 0 Å². The second kappa shape index (κ2) is 5.82. The third-order valence-corrected chi connectivity index (χ3v) is 2.54. The Labute approximate surface area is 105 Å². The van der Waals surface area contributed by atoms with Crippen LogP contribution < -0.4 is 0 Å². The van der Waals surface area contributed by atoms with Gasteiger partial charge >= 0.3 is 0 Å². The van der Waals surface area contributed by atoms with E-state index in [0.29, 0.717) is 13.1 Å². The molecule has 92 valence electrons. The number of aromatic amines is 1. The van der Waals surface area contributed by atoms with Crippen molar-refractivity contribution >= 4 is 28.3 Å². The predicted molar refractivity (Wildman–Crippen MR) is 71.3 cm³/mol. The molecule has 2 heterocycles. The lowest BCUT2D eigenvalue weighted by molar-refractivity contribution is -0.128. The Morgan fingerprint density at radius 2 is 2.00 bits per heavy atom. The van der Waals surface area contributed by atoms with E-state index in [1.807, 2.05) is 24.4 Å². The normalized spacial score (nSPS) is 9.83. The highest BCUT2D eigenvalue weighted by atomic mass is 16.5. The zero-order valence-corrected chi connectivity index (χ0v) is 10.1. The summed E-state index contributed by atoms with van der Waals surface area (Å²) in [5, 5.41) is 2.43. The van der Waals surface area contributed by atoms with E-state index in [4.69, 9.17) is 0 Å². The number of nitrogens with zero attached hydrogens (tertiary/aromatic N) is 1. The highest BCUT2D eigenvalue weighted by Crippen LogP contribution is 2.23. The van der Waals surface area contributed by atoms with Crippen LogP contribution in [0.15, 0.2) is 42.7 Å². The summed E-state index contributed by atoms with van der Waals surface area (Å²) < 4.78 is 4.15. The average Bonchev–Trinajstić information content (AvgIpc) is 2.79. The van der Waals surface area contributed by atoms with Gasteiger partial charge in [-0.3, -0.25) is 9.78 Å². The standard InChI is InChI=1S/C11H8N2.C3H6O2/c1-2-4-10-8(3-1)9-7-12-6-5-11(9)13-10;1-2-5-3-4/h1-7,13H;3H,2H2,1H3. The molecule has 3 rings (SSSR count). The van der Waals surface area contributed by atoms with Crippen molar-refractivity contribution < 1.29 is 9.53 Å². The van der Waals surface area contributed by atoms with Crippen molar-refractivity contribution in [3.05, 3.63) is 42.7 Å². The van der Waals surface area contributed by atoms with Gasteiger partial charge in [0, 0.05) is 34.2 Å². The summed E-state index contributed by atoms with van der Waals surface area (Å²) in [5.41, 5.74) is 2.32. The number of aromatic nitrogens is 2. The molecule has 0 aliphatic rings. The lowest BCUT2D eigenvalue weighted by atomic mass is 10.2. The van der Waals surface area contributed by atoms with E-state index in [0.717, 1.165) is 5.52 Å². The molecule has 0 atom stereocenters. The van der Waals surface area contributed by atoms with Gasteiger partial charge in [-0.1, -0.05) is 18.2 Å². The zero-order chi connectivity index (χ0) is 12.8. The molecule has 18 heavy (non-hydrogen) atoms. The molecule has 4 heteroatoms. The summed E-state index contributed by atoms with van der Waals surface area (Å²) in [4.78, 5) is 16.6. The maximum absolute atomic E-state index is 9.18. The number of ether oxygens (including phenoxy) is 1. The van der Waals surface area contributed by atoms with Crippen molar-refractivity contribution in [2.24, 2.45) is 0 Å². The van der Waals surface area contributed by atoms with Crippen LogP contribution >= 0.6 is 0 Å². The smallest absolute Gasteiger partial charge is 0.293 e. The van der Waals surface area contributed by atoms with Crippen LogP contribution in [0.4, 0.5) is 0 Å². The number of rotatable bonds is 2. The van der Waals surface area contributed by atoms with E-state index < -0.39 is 0 Å². The monoisotopic (exact) mass is 242 g/mol. The molecule has 0 radical (unpaired) electrons. The van der Waals surface area contributed by atoms with Crippen molar-refractivity contribution in [3.63, 3.8) is 0 Å². The molecular formula is C14H14N2O2. The van der Waals surface area contributed by atoms with E-state index in [1.165, 1.54) is 16.3 Å². The molecule has 3 aromatic rings. The Hall–Kier alpha value is -2.36. The molecule has 0 amide bonds. The number of hydrogen-bond acceptors (Lipinski definition) is 3. The van der Waals surface area contributed by atoms with Gasteiger partial charge in [-0.25, -0.2) is 0 Å². The summed E-state index contributed by atoms with van der Waals surface area (Å²) in [6.07, 6.45) is 3.70. The number of hydrogen-bond donors (Lipinski definition) is 1. The molecule has 0 aliphatic carbocycles. The minimum Gasteiger partial charge on any atom is -0.468 e. The first kappa shape index (κ1) is 12.1. The summed E-state index contributed by atoms with van der Waals surface area (Å²) in [6.45, 7) is 2.66. The maximum atomic E-state index is 9.18. The first-order valence-corrected chi connectivity index (χ1v) is 5.72. The number of nitrogens with one attached hydrogen (secondary N) is 1. The summed E-state index contributed by atoms with van der Waals surface area (Å²) in [5.74, 6) is 0. The Bertz CT molecular complexity index is 596. The van der Waals surface area contributed by atoms with Crippen LogP contribution in [0.2, 0.25) is 0 Å². The van der Waals surface area contributed by atoms with Gasteiger partial charge in [0.05, 0.1) is 6.61 Å². The fourth-order valence-electron chi connectivity index (χ4n) is 1.76. The van der Waals surface area contributed by atoms with Gasteiger partial charge in [0.15, 0.2) is 0 Å². The molecule has 0 unspecified atom stereocenters. The van der Waals surface area contributed by atoms with Crippen LogP contribution in [0.5, 0.6) is 0 Å². The molecule has 1 aromatic carbocycles. The largest absolute Gasteiger partial charge is 0.468 e. The minimum absolute atomic E-state index is 0.431. The molecule has 0 bridgehead atoms. The molecular weight excluding hydrogens is 228 g/mol. The van der Waals surface area contributed by atoms with Crippen LogP contribution in [0.1, 0.15) is 6.92 Å². The average molecular weight is 242 g/mol. The Morgan fingerprint density at radius 3 is 2.72 bits per heavy atom. The third-order valence-electron chi connectivity index (χ3n) is 2.54. The van der Waals surface area contributed by atoms with Crippen LogP contribution in [-0.4, -0.2) is 23.0 Å². The topological polar surface area (TPSA) is 55.0 Å². The van der Waals surface area contributed by atoms with Gasteiger partial charge in [0.25, 0.3) is 6.47 Å². The van der Waals surface area contributed by atoms with E-state index in [2.05, 4.69) is 26.8 Å². The molecule has 0 saturated heterocycles. The number of fused-ring (bicyclic) bond motifs is 3. The number of benzene rings is 1. The summed E-state index contributed by atoms with van der Waals surface area (Å²) in [7, 11) is 0. The number of carbonyl (C=O) groups is 1. The molecule has 0 aliphatic heterocycles. The molecule has 0 saturated carbocycles. The highest BCUT2D eigenvalue weighted by Gasteiger charge is 2.00. The SMILES string of the molecule is CCOC=O.c1ccc2c(c1)[nH]c1ccncc12. The van der Waals surface area contributed by atoms with Crippen molar-refractivity contribution in [1.29, 1.82) is 0 Å². The fraction of sp³-hybridized carbons (Fsp3) is 0.143. The Morgan fingerprint density at radius 1 is 1.22 bits per heavy atom. The summed E-state index contributed by atoms with van der Waals surface area (Å²) in [6, 6.07) is 10.3. The van der Waals surface area contributed by atoms with Gasteiger partial charge in [0.2, 0.25) is 0 Å². The Balaban J connectivity index is 0.000000209. The molecule has 0 fully saturated rings. The Kier molecular flexibility index (Phi) is 3.91. The molecule has 1 N–H and O–H groups in total. The van der Waals surface area contributed by atoms with Crippen LogP contribution in [0, 0.1) is 0 Å². The lowest BCUT2D eigenvalue weighted by Crippen LogP contribution is -1.80. The second-order valence-electron chi connectivity index (χ2n) is 3.64. The van der Waals surface area contributed by atoms with Crippen LogP contribution in [0.25, 0.3) is 21.8 Å². The van der Waals surface area contributed by atoms with Gasteiger partial charge in [-0.05, 0) is 19.1 Å². The zero-order valence-electron chi connectivity index (χ0n) is 10.1. The van der Waals surface area contributed by atoms with Gasteiger partial charge < -0.3 is 9.72 Å². The van der Waals surface area contributed by atoms with Crippen LogP contribution in [-0.2, 0) is 9.53 Å². The number of H-pyrrole nitrogens is 1. The van der Waals surface area contributed by atoms with Gasteiger partial charge in [-0.2, -0.15) is 0 Å².